The van der Waals surface area contributed by atoms with Gasteiger partial charge in [0.2, 0.25) is 0 Å². The van der Waals surface area contributed by atoms with Crippen LogP contribution in [0.25, 0.3) is 0 Å². The molecule has 0 saturated carbocycles. The van der Waals surface area contributed by atoms with Crippen molar-refractivity contribution in [1.29, 1.82) is 0 Å². The minimum absolute atomic E-state index is 0.0216. The molecule has 1 saturated heterocycles. The van der Waals surface area contributed by atoms with E-state index in [2.05, 4.69) is 4.98 Å². The number of nitrogens with two attached hydrogens (primary N) is 2. The molecule has 2 rings (SSSR count). The van der Waals surface area contributed by atoms with Crippen molar-refractivity contribution in [3.63, 3.8) is 0 Å². The smallest absolute Gasteiger partial charge is 0.351 e. The van der Waals surface area contributed by atoms with Gasteiger partial charge in [0.05, 0.1) is 6.61 Å². The van der Waals surface area contributed by atoms with E-state index in [0.29, 0.717) is 0 Å². The van der Waals surface area contributed by atoms with Crippen molar-refractivity contribution in [2.24, 2.45) is 11.7 Å². The van der Waals surface area contributed by atoms with Crippen LogP contribution in [0, 0.1) is 5.92 Å². The van der Waals surface area contributed by atoms with E-state index in [-0.39, 0.29) is 11.7 Å². The first kappa shape index (κ1) is 18.3. The van der Waals surface area contributed by atoms with Crippen molar-refractivity contribution in [1.82, 2.24) is 9.55 Å². The first-order valence-corrected chi connectivity index (χ1v) is 7.51. The van der Waals surface area contributed by atoms with Gasteiger partial charge >= 0.3 is 11.7 Å². The molecule has 1 aromatic rings. The van der Waals surface area contributed by atoms with Gasteiger partial charge in [-0.3, -0.25) is 9.36 Å². The fourth-order valence-electron chi connectivity index (χ4n) is 2.35. The minimum atomic E-state index is -1.38. The number of nitrogens with zero attached hydrogens (tertiary/aromatic N) is 2. The molecule has 0 radical (unpaired) electrons. The number of hydrogen-bond acceptors (Lipinski definition) is 9. The molecule has 10 nitrogen and oxygen atoms in total. The van der Waals surface area contributed by atoms with Gasteiger partial charge in [-0.05, 0) is 12.0 Å². The summed E-state index contributed by atoms with van der Waals surface area (Å²) in [6, 6.07) is 0.482. The second-order valence-electron chi connectivity index (χ2n) is 5.95. The van der Waals surface area contributed by atoms with E-state index in [1.165, 1.54) is 12.3 Å². The van der Waals surface area contributed by atoms with Crippen LogP contribution in [0.3, 0.4) is 0 Å². The number of hydrogen-bond donors (Lipinski definition) is 4. The molecule has 2 heterocycles. The van der Waals surface area contributed by atoms with Crippen molar-refractivity contribution in [2.75, 3.05) is 12.3 Å². The zero-order valence-corrected chi connectivity index (χ0v) is 13.4. The van der Waals surface area contributed by atoms with Gasteiger partial charge in [0.15, 0.2) is 12.3 Å². The molecular formula is C14H22N4O6. The lowest BCUT2D eigenvalue weighted by atomic mass is 10.1. The Morgan fingerprint density at radius 1 is 1.54 bits per heavy atom. The van der Waals surface area contributed by atoms with Crippen molar-refractivity contribution in [2.45, 2.75) is 44.4 Å². The van der Waals surface area contributed by atoms with Gasteiger partial charge in [-0.2, -0.15) is 4.98 Å². The lowest BCUT2D eigenvalue weighted by Crippen LogP contribution is -2.45. The van der Waals surface area contributed by atoms with Crippen molar-refractivity contribution >= 4 is 11.8 Å². The van der Waals surface area contributed by atoms with Gasteiger partial charge in [-0.15, -0.1) is 0 Å². The van der Waals surface area contributed by atoms with Gasteiger partial charge in [0.25, 0.3) is 0 Å². The molecule has 1 aliphatic rings. The van der Waals surface area contributed by atoms with Gasteiger partial charge in [-0.1, -0.05) is 13.8 Å². The third kappa shape index (κ3) is 3.56. The summed E-state index contributed by atoms with van der Waals surface area (Å²) in [5, 5.41) is 19.8. The summed E-state index contributed by atoms with van der Waals surface area (Å²) in [4.78, 5) is 27.4. The Hall–Kier alpha value is -2.01. The number of ether oxygens (including phenoxy) is 2. The lowest BCUT2D eigenvalue weighted by molar-refractivity contribution is -0.159. The number of carbonyl (C=O) groups excluding carboxylic acids is 1. The summed E-state index contributed by atoms with van der Waals surface area (Å²) < 4.78 is 11.7. The molecule has 134 valence electrons. The van der Waals surface area contributed by atoms with E-state index >= 15 is 0 Å². The molecule has 24 heavy (non-hydrogen) atoms. The van der Waals surface area contributed by atoms with Crippen LogP contribution in [0.5, 0.6) is 0 Å². The number of aliphatic hydroxyl groups excluding tert-OH is 2. The average Bonchev–Trinajstić information content (AvgIpc) is 2.83. The molecule has 1 fully saturated rings. The largest absolute Gasteiger partial charge is 0.455 e. The molecule has 1 aromatic heterocycles. The van der Waals surface area contributed by atoms with E-state index < -0.39 is 48.8 Å². The standard InChI is InChI=1S/C14H22N4O6/c1-6(2)9(16)13(21)24-11-7(5-19)23-12(10(11)20)18-4-3-8(15)17-14(18)22/h3-4,6-7,9-12,19-20H,5,16H2,1-2H3,(H2,15,17,22)/t7-,9?,10?,11+,12-/m1/s1. The van der Waals surface area contributed by atoms with Gasteiger partial charge < -0.3 is 31.2 Å². The van der Waals surface area contributed by atoms with E-state index in [1.807, 2.05) is 0 Å². The number of esters is 1. The van der Waals surface area contributed by atoms with Crippen LogP contribution in [0.4, 0.5) is 5.82 Å². The van der Waals surface area contributed by atoms with Gasteiger partial charge in [0, 0.05) is 6.20 Å². The quantitative estimate of drug-likeness (QED) is 0.442. The van der Waals surface area contributed by atoms with E-state index in [9.17, 15) is 19.8 Å². The van der Waals surface area contributed by atoms with E-state index in [1.54, 1.807) is 13.8 Å². The van der Waals surface area contributed by atoms with Crippen LogP contribution in [0.2, 0.25) is 0 Å². The number of aromatic nitrogens is 2. The highest BCUT2D eigenvalue weighted by Gasteiger charge is 2.47. The maximum absolute atomic E-state index is 12.0. The van der Waals surface area contributed by atoms with Gasteiger partial charge in [-0.25, -0.2) is 4.79 Å². The SMILES string of the molecule is CC(C)C(N)C(=O)O[C@@H]1C(O)[C@H](n2ccc(N)nc2=O)O[C@@H]1CO. The zero-order valence-electron chi connectivity index (χ0n) is 13.4. The summed E-state index contributed by atoms with van der Waals surface area (Å²) in [6.45, 7) is 2.98. The highest BCUT2D eigenvalue weighted by Crippen LogP contribution is 2.30. The first-order valence-electron chi connectivity index (χ1n) is 7.51. The summed E-state index contributed by atoms with van der Waals surface area (Å²) >= 11 is 0. The fraction of sp³-hybridized carbons (Fsp3) is 0.643. The molecule has 5 atom stereocenters. The first-order chi connectivity index (χ1) is 11.3. The second kappa shape index (κ2) is 7.26. The fourth-order valence-corrected chi connectivity index (χ4v) is 2.35. The molecule has 2 unspecified atom stereocenters. The Morgan fingerprint density at radius 2 is 2.21 bits per heavy atom. The third-order valence-corrected chi connectivity index (χ3v) is 3.86. The van der Waals surface area contributed by atoms with E-state index in [0.717, 1.165) is 4.57 Å². The molecule has 10 heteroatoms. The Bertz CT molecular complexity index is 648. The van der Waals surface area contributed by atoms with Crippen LogP contribution in [-0.4, -0.2) is 56.7 Å². The lowest BCUT2D eigenvalue weighted by Gasteiger charge is -2.23. The van der Waals surface area contributed by atoms with Crippen LogP contribution in [-0.2, 0) is 14.3 Å². The molecule has 0 amide bonds. The minimum Gasteiger partial charge on any atom is -0.455 e. The van der Waals surface area contributed by atoms with E-state index in [4.69, 9.17) is 20.9 Å². The summed E-state index contributed by atoms with van der Waals surface area (Å²) in [5.74, 6) is -0.864. The zero-order chi connectivity index (χ0) is 18.0. The highest BCUT2D eigenvalue weighted by atomic mass is 16.6. The number of carbonyl (C=O) groups is 1. The third-order valence-electron chi connectivity index (χ3n) is 3.86. The van der Waals surface area contributed by atoms with Crippen LogP contribution < -0.4 is 17.2 Å². The Morgan fingerprint density at radius 3 is 2.75 bits per heavy atom. The summed E-state index contributed by atoms with van der Waals surface area (Å²) in [6.07, 6.45) is -3.42. The maximum atomic E-state index is 12.0. The summed E-state index contributed by atoms with van der Waals surface area (Å²) in [5.41, 5.74) is 10.4. The molecule has 0 aromatic carbocycles. The maximum Gasteiger partial charge on any atom is 0.351 e. The van der Waals surface area contributed by atoms with Crippen molar-refractivity contribution in [3.05, 3.63) is 22.7 Å². The molecule has 1 aliphatic heterocycles. The molecule has 0 spiro atoms. The second-order valence-corrected chi connectivity index (χ2v) is 5.95. The van der Waals surface area contributed by atoms with Crippen LogP contribution >= 0.6 is 0 Å². The molecule has 6 N–H and O–H groups in total. The normalized spacial score (nSPS) is 28.1. The number of anilines is 1. The number of rotatable bonds is 5. The predicted molar refractivity (Wildman–Crippen MR) is 82.6 cm³/mol. The van der Waals surface area contributed by atoms with Crippen LogP contribution in [0.1, 0.15) is 20.1 Å². The van der Waals surface area contributed by atoms with Crippen molar-refractivity contribution in [3.8, 4) is 0 Å². The topological polar surface area (TPSA) is 163 Å². The number of nitrogen functional groups attached to an aromatic ring is 1. The Labute approximate surface area is 138 Å². The Balaban J connectivity index is 2.21. The molecular weight excluding hydrogens is 320 g/mol. The highest BCUT2D eigenvalue weighted by molar-refractivity contribution is 5.76. The van der Waals surface area contributed by atoms with Crippen molar-refractivity contribution < 1.29 is 24.5 Å². The van der Waals surface area contributed by atoms with Gasteiger partial charge in [0.1, 0.15) is 24.1 Å². The monoisotopic (exact) mass is 342 g/mol. The molecule has 0 bridgehead atoms. The van der Waals surface area contributed by atoms with Crippen LogP contribution in [0.15, 0.2) is 17.1 Å². The average molecular weight is 342 g/mol. The predicted octanol–water partition coefficient (Wildman–Crippen LogP) is -2.03. The summed E-state index contributed by atoms with van der Waals surface area (Å²) in [7, 11) is 0. The number of aliphatic hydroxyl groups is 2. The molecule has 0 aliphatic carbocycles. The Kier molecular flexibility index (Phi) is 5.54.